The molecule has 0 aliphatic rings. The molecule has 0 fully saturated rings. The first kappa shape index (κ1) is 37.0. The number of unbranched alkanes of at least 4 members (excludes halogenated alkanes) is 2. The van der Waals surface area contributed by atoms with Crippen LogP contribution in [0.5, 0.6) is 0 Å². The normalized spacial score (nSPS) is 13.2. The quantitative estimate of drug-likeness (QED) is 0.0878. The molecular formula is C23H46N3O12P. The van der Waals surface area contributed by atoms with Gasteiger partial charge in [-0.1, -0.05) is 0 Å². The van der Waals surface area contributed by atoms with E-state index in [0.717, 1.165) is 6.66 Å². The third-order valence-electron chi connectivity index (χ3n) is 4.78. The second-order valence-corrected chi connectivity index (χ2v) is 10.1. The van der Waals surface area contributed by atoms with Crippen LogP contribution < -0.4 is 16.0 Å². The average molecular weight is 588 g/mol. The van der Waals surface area contributed by atoms with Crippen molar-refractivity contribution >= 4 is 25.7 Å². The van der Waals surface area contributed by atoms with E-state index in [0.29, 0.717) is 71.6 Å². The maximum absolute atomic E-state index is 12.7. The lowest BCUT2D eigenvalue weighted by Gasteiger charge is -2.18. The highest BCUT2D eigenvalue weighted by Crippen LogP contribution is 2.36. The monoisotopic (exact) mass is 587 g/mol. The van der Waals surface area contributed by atoms with Crippen LogP contribution in [0.3, 0.4) is 0 Å². The lowest BCUT2D eigenvalue weighted by atomic mass is 10.1. The van der Waals surface area contributed by atoms with Crippen LogP contribution in [0.25, 0.3) is 0 Å². The molecule has 0 saturated heterocycles. The van der Waals surface area contributed by atoms with Crippen molar-refractivity contribution in [3.8, 4) is 0 Å². The molecule has 0 bridgehead atoms. The third-order valence-corrected chi connectivity index (χ3v) is 5.45. The molecule has 0 aliphatic carbocycles. The largest absolute Gasteiger partial charge is 0.447 e. The van der Waals surface area contributed by atoms with Gasteiger partial charge < -0.3 is 53.8 Å². The minimum atomic E-state index is -3.53. The molecule has 0 aliphatic heterocycles. The van der Waals surface area contributed by atoms with Crippen molar-refractivity contribution in [3.63, 3.8) is 0 Å². The molecule has 2 atom stereocenters. The predicted octanol–water partition coefficient (Wildman–Crippen LogP) is 1.03. The molecule has 0 aromatic heterocycles. The number of carbonyl (C=O) groups excluding carboxylic acids is 3. The highest BCUT2D eigenvalue weighted by Gasteiger charge is 2.21. The summed E-state index contributed by atoms with van der Waals surface area (Å²) >= 11 is 0. The summed E-state index contributed by atoms with van der Waals surface area (Å²) in [5.41, 5.74) is 0. The second kappa shape index (κ2) is 25.0. The summed E-state index contributed by atoms with van der Waals surface area (Å²) in [7, 11) is -0.410. The predicted molar refractivity (Wildman–Crippen MR) is 141 cm³/mol. The molecule has 0 heterocycles. The smallest absolute Gasteiger partial charge is 0.407 e. The summed E-state index contributed by atoms with van der Waals surface area (Å²) in [5.74, 6) is -0.395. The fourth-order valence-electron chi connectivity index (χ4n) is 2.84. The Labute approximate surface area is 230 Å². The molecule has 0 aromatic rings. The summed E-state index contributed by atoms with van der Waals surface area (Å²) in [6.45, 7) is 4.08. The zero-order valence-corrected chi connectivity index (χ0v) is 24.2. The summed E-state index contributed by atoms with van der Waals surface area (Å²) in [6, 6.07) is -0.854. The fraction of sp³-hybridized carbons (Fsp3) is 0.870. The Morgan fingerprint density at radius 3 is 1.85 bits per heavy atom. The number of hydrogen-bond acceptors (Lipinski definition) is 11. The van der Waals surface area contributed by atoms with Gasteiger partial charge in [-0.05, 0) is 32.1 Å². The number of nitrogens with one attached hydrogen (secondary N) is 3. The lowest BCUT2D eigenvalue weighted by molar-refractivity contribution is -0.123. The van der Waals surface area contributed by atoms with Gasteiger partial charge in [0, 0.05) is 34.0 Å². The second-order valence-electron chi connectivity index (χ2n) is 8.24. The first-order valence-corrected chi connectivity index (χ1v) is 14.9. The molecule has 230 valence electrons. The zero-order valence-electron chi connectivity index (χ0n) is 23.3. The van der Waals surface area contributed by atoms with Crippen LogP contribution >= 0.6 is 7.60 Å². The Hall–Kier alpha value is -2.00. The number of amides is 3. The van der Waals surface area contributed by atoms with Crippen molar-refractivity contribution in [1.29, 1.82) is 0 Å². The van der Waals surface area contributed by atoms with E-state index < -0.39 is 31.7 Å². The molecule has 0 radical (unpaired) electrons. The van der Waals surface area contributed by atoms with Gasteiger partial charge in [0.05, 0.1) is 46.2 Å². The number of rotatable bonds is 25. The summed E-state index contributed by atoms with van der Waals surface area (Å²) in [6.07, 6.45) is 1.04. The third kappa shape index (κ3) is 26.0. The van der Waals surface area contributed by atoms with Crippen molar-refractivity contribution in [2.24, 2.45) is 0 Å². The standard InChI is InChI=1S/C23H46N3O12P/c1-32-12-14-34-16-18-36-22(28)25-10-5-4-8-20(26-23(29)37-19-17-35-15-13-33-2)21(27)24-9-6-7-11-38-39(3,30)31/h20H,4-19H2,1-3H3,(H,24,27)(H,25,28)(H,26,29)(H,30,31). The molecule has 15 nitrogen and oxygen atoms in total. The Balaban J connectivity index is 4.37. The first-order valence-electron chi connectivity index (χ1n) is 12.9. The summed E-state index contributed by atoms with van der Waals surface area (Å²) < 4.78 is 46.1. The molecule has 4 N–H and O–H groups in total. The minimum Gasteiger partial charge on any atom is -0.447 e. The van der Waals surface area contributed by atoms with E-state index in [-0.39, 0.29) is 33.0 Å². The maximum Gasteiger partial charge on any atom is 0.407 e. The molecule has 39 heavy (non-hydrogen) atoms. The van der Waals surface area contributed by atoms with E-state index in [4.69, 9.17) is 37.8 Å². The zero-order chi connectivity index (χ0) is 29.2. The van der Waals surface area contributed by atoms with Crippen LogP contribution in [0.1, 0.15) is 32.1 Å². The Kier molecular flexibility index (Phi) is 23.7. The number of hydrogen-bond donors (Lipinski definition) is 4. The highest BCUT2D eigenvalue weighted by molar-refractivity contribution is 7.51. The molecule has 3 amide bonds. The summed E-state index contributed by atoms with van der Waals surface area (Å²) in [5, 5.41) is 7.90. The molecular weight excluding hydrogens is 541 g/mol. The van der Waals surface area contributed by atoms with E-state index in [2.05, 4.69) is 16.0 Å². The number of methoxy groups -OCH3 is 2. The van der Waals surface area contributed by atoms with Crippen molar-refractivity contribution in [3.05, 3.63) is 0 Å². The van der Waals surface area contributed by atoms with E-state index >= 15 is 0 Å². The van der Waals surface area contributed by atoms with E-state index in [9.17, 15) is 18.9 Å². The summed E-state index contributed by atoms with van der Waals surface area (Å²) in [4.78, 5) is 45.7. The SMILES string of the molecule is COCCOCCOC(=O)NCCCCC(NC(=O)OCCOCCOC)C(=O)NCCCCOP(C)(=O)O. The minimum absolute atomic E-state index is 0.0134. The Morgan fingerprint density at radius 2 is 1.26 bits per heavy atom. The van der Waals surface area contributed by atoms with Crippen LogP contribution in [0.2, 0.25) is 0 Å². The van der Waals surface area contributed by atoms with Gasteiger partial charge in [0.25, 0.3) is 0 Å². The van der Waals surface area contributed by atoms with Crippen LogP contribution in [0, 0.1) is 0 Å². The van der Waals surface area contributed by atoms with Gasteiger partial charge in [-0.25, -0.2) is 9.59 Å². The van der Waals surface area contributed by atoms with Crippen molar-refractivity contribution < 1.29 is 56.8 Å². The highest BCUT2D eigenvalue weighted by atomic mass is 31.2. The van der Waals surface area contributed by atoms with Crippen LogP contribution in [-0.4, -0.2) is 122 Å². The fourth-order valence-corrected chi connectivity index (χ4v) is 3.31. The van der Waals surface area contributed by atoms with Crippen LogP contribution in [0.4, 0.5) is 9.59 Å². The Morgan fingerprint density at radius 1 is 0.718 bits per heavy atom. The van der Waals surface area contributed by atoms with Gasteiger partial charge in [0.2, 0.25) is 5.91 Å². The van der Waals surface area contributed by atoms with Crippen molar-refractivity contribution in [2.75, 3.05) is 93.4 Å². The van der Waals surface area contributed by atoms with Gasteiger partial charge in [0.15, 0.2) is 0 Å². The van der Waals surface area contributed by atoms with Crippen molar-refractivity contribution in [1.82, 2.24) is 16.0 Å². The molecule has 16 heteroatoms. The number of alkyl carbamates (subject to hydrolysis) is 2. The van der Waals surface area contributed by atoms with Gasteiger partial charge in [0.1, 0.15) is 19.3 Å². The van der Waals surface area contributed by atoms with Crippen LogP contribution in [-0.2, 0) is 42.3 Å². The van der Waals surface area contributed by atoms with Gasteiger partial charge in [-0.2, -0.15) is 0 Å². The average Bonchev–Trinajstić information content (AvgIpc) is 2.88. The first-order chi connectivity index (χ1) is 18.7. The maximum atomic E-state index is 12.7. The van der Waals surface area contributed by atoms with Gasteiger partial charge in [-0.3, -0.25) is 9.36 Å². The lowest BCUT2D eigenvalue weighted by Crippen LogP contribution is -2.47. The molecule has 0 rings (SSSR count). The van der Waals surface area contributed by atoms with E-state index in [1.807, 2.05) is 0 Å². The van der Waals surface area contributed by atoms with Crippen LogP contribution in [0.15, 0.2) is 0 Å². The van der Waals surface area contributed by atoms with E-state index in [1.54, 1.807) is 14.2 Å². The number of ether oxygens (including phenoxy) is 6. The Bertz CT molecular complexity index is 695. The molecule has 0 aromatic carbocycles. The molecule has 2 unspecified atom stereocenters. The van der Waals surface area contributed by atoms with E-state index in [1.165, 1.54) is 0 Å². The molecule has 0 spiro atoms. The topological polar surface area (TPSA) is 189 Å². The van der Waals surface area contributed by atoms with Crippen molar-refractivity contribution in [2.45, 2.75) is 38.1 Å². The number of carbonyl (C=O) groups is 3. The molecule has 0 saturated carbocycles. The van der Waals surface area contributed by atoms with Gasteiger partial charge >= 0.3 is 19.8 Å². The van der Waals surface area contributed by atoms with Gasteiger partial charge in [-0.15, -0.1) is 0 Å².